The van der Waals surface area contributed by atoms with Crippen LogP contribution in [0.3, 0.4) is 0 Å². The molecule has 0 spiro atoms. The molecule has 1 amide bonds. The Labute approximate surface area is 174 Å². The first-order valence-electron chi connectivity index (χ1n) is 9.25. The number of morpholine rings is 1. The van der Waals surface area contributed by atoms with Crippen LogP contribution < -0.4 is 5.32 Å². The zero-order valence-electron chi connectivity index (χ0n) is 16.4. The second kappa shape index (κ2) is 9.26. The Morgan fingerprint density at radius 1 is 1.29 bits per heavy atom. The number of benzene rings is 1. The summed E-state index contributed by atoms with van der Waals surface area (Å²) >= 11 is 7.61. The fourth-order valence-corrected chi connectivity index (χ4v) is 4.06. The van der Waals surface area contributed by atoms with Crippen LogP contribution in [0.1, 0.15) is 13.8 Å². The topological polar surface area (TPSA) is 72.3 Å². The van der Waals surface area contributed by atoms with Crippen molar-refractivity contribution < 1.29 is 9.53 Å². The van der Waals surface area contributed by atoms with Gasteiger partial charge in [-0.2, -0.15) is 0 Å². The Morgan fingerprint density at radius 3 is 2.71 bits per heavy atom. The number of carbonyl (C=O) groups excluding carboxylic acids is 1. The highest BCUT2D eigenvalue weighted by Gasteiger charge is 2.28. The highest BCUT2D eigenvalue weighted by molar-refractivity contribution is 7.99. The first-order chi connectivity index (χ1) is 13.4. The van der Waals surface area contributed by atoms with Crippen LogP contribution in [-0.4, -0.2) is 69.7 Å². The SMILES string of the molecule is Cn1c(SCC(=O)NCC(C)(C)N2CCOCC2)nnc1-c1ccccc1Cl. The zero-order valence-corrected chi connectivity index (χ0v) is 18.0. The molecule has 0 atom stereocenters. The standard InChI is InChI=1S/C19H26ClN5O2S/c1-19(2,25-8-10-27-11-9-25)13-21-16(26)12-28-18-23-22-17(24(18)3)14-6-4-5-7-15(14)20/h4-7H,8-13H2,1-3H3,(H,21,26). The number of nitrogens with zero attached hydrogens (tertiary/aromatic N) is 4. The molecule has 0 saturated carbocycles. The number of aromatic nitrogens is 3. The van der Waals surface area contributed by atoms with E-state index in [1.54, 1.807) is 0 Å². The van der Waals surface area contributed by atoms with Gasteiger partial charge >= 0.3 is 0 Å². The van der Waals surface area contributed by atoms with Crippen LogP contribution in [0, 0.1) is 0 Å². The number of ether oxygens (including phenoxy) is 1. The predicted octanol–water partition coefficient (Wildman–Crippen LogP) is 2.45. The summed E-state index contributed by atoms with van der Waals surface area (Å²) < 4.78 is 7.26. The second-order valence-corrected chi connectivity index (χ2v) is 8.67. The molecule has 9 heteroatoms. The number of thioether (sulfide) groups is 1. The van der Waals surface area contributed by atoms with Gasteiger partial charge in [-0.15, -0.1) is 10.2 Å². The molecular formula is C19H26ClN5O2S. The minimum atomic E-state index is -0.105. The van der Waals surface area contributed by atoms with Crippen LogP contribution in [0.2, 0.25) is 5.02 Å². The molecule has 0 radical (unpaired) electrons. The van der Waals surface area contributed by atoms with Gasteiger partial charge in [0.05, 0.1) is 24.0 Å². The molecule has 28 heavy (non-hydrogen) atoms. The van der Waals surface area contributed by atoms with Crippen molar-refractivity contribution in [1.29, 1.82) is 0 Å². The van der Waals surface area contributed by atoms with E-state index in [1.165, 1.54) is 11.8 Å². The van der Waals surface area contributed by atoms with Crippen molar-refractivity contribution in [2.75, 3.05) is 38.6 Å². The third-order valence-corrected chi connectivity index (χ3v) is 6.22. The van der Waals surface area contributed by atoms with E-state index in [0.29, 0.717) is 22.5 Å². The van der Waals surface area contributed by atoms with Crippen molar-refractivity contribution in [2.45, 2.75) is 24.5 Å². The maximum absolute atomic E-state index is 12.3. The molecule has 0 unspecified atom stereocenters. The number of amides is 1. The minimum absolute atomic E-state index is 0.0198. The summed E-state index contributed by atoms with van der Waals surface area (Å²) in [5, 5.41) is 12.8. The average Bonchev–Trinajstić information content (AvgIpc) is 3.06. The summed E-state index contributed by atoms with van der Waals surface area (Å²) in [5.74, 6) is 0.948. The van der Waals surface area contributed by atoms with Gasteiger partial charge in [0.2, 0.25) is 5.91 Å². The summed E-state index contributed by atoms with van der Waals surface area (Å²) in [6, 6.07) is 7.51. The Balaban J connectivity index is 1.53. The molecule has 1 aromatic carbocycles. The first kappa shape index (κ1) is 21.1. The third-order valence-electron chi connectivity index (χ3n) is 4.87. The quantitative estimate of drug-likeness (QED) is 0.689. The molecule has 0 aliphatic carbocycles. The molecule has 2 heterocycles. The lowest BCUT2D eigenvalue weighted by Gasteiger charge is -2.40. The molecule has 1 N–H and O–H groups in total. The van der Waals surface area contributed by atoms with Crippen molar-refractivity contribution in [2.24, 2.45) is 7.05 Å². The zero-order chi connectivity index (χ0) is 20.1. The second-order valence-electron chi connectivity index (χ2n) is 7.32. The van der Waals surface area contributed by atoms with Crippen LogP contribution in [0.4, 0.5) is 0 Å². The van der Waals surface area contributed by atoms with Crippen LogP contribution >= 0.6 is 23.4 Å². The molecule has 0 bridgehead atoms. The maximum atomic E-state index is 12.3. The van der Waals surface area contributed by atoms with E-state index in [1.807, 2.05) is 35.9 Å². The molecule has 7 nitrogen and oxygen atoms in total. The van der Waals surface area contributed by atoms with E-state index < -0.39 is 0 Å². The smallest absolute Gasteiger partial charge is 0.230 e. The van der Waals surface area contributed by atoms with Gasteiger partial charge in [0, 0.05) is 37.8 Å². The first-order valence-corrected chi connectivity index (χ1v) is 10.6. The summed E-state index contributed by atoms with van der Waals surface area (Å²) in [5.41, 5.74) is 0.717. The lowest BCUT2D eigenvalue weighted by atomic mass is 10.0. The van der Waals surface area contributed by atoms with Crippen LogP contribution in [0.15, 0.2) is 29.4 Å². The van der Waals surface area contributed by atoms with E-state index >= 15 is 0 Å². The van der Waals surface area contributed by atoms with Gasteiger partial charge in [0.15, 0.2) is 11.0 Å². The Morgan fingerprint density at radius 2 is 2.00 bits per heavy atom. The van der Waals surface area contributed by atoms with E-state index in [2.05, 4.69) is 34.3 Å². The number of hydrogen-bond acceptors (Lipinski definition) is 6. The van der Waals surface area contributed by atoms with Gasteiger partial charge in [0.25, 0.3) is 0 Å². The number of nitrogens with one attached hydrogen (secondary N) is 1. The minimum Gasteiger partial charge on any atom is -0.379 e. The van der Waals surface area contributed by atoms with Gasteiger partial charge < -0.3 is 14.6 Å². The number of hydrogen-bond donors (Lipinski definition) is 1. The fraction of sp³-hybridized carbons (Fsp3) is 0.526. The van der Waals surface area contributed by atoms with E-state index in [9.17, 15) is 4.79 Å². The molecule has 1 saturated heterocycles. The van der Waals surface area contributed by atoms with Gasteiger partial charge in [-0.3, -0.25) is 9.69 Å². The van der Waals surface area contributed by atoms with E-state index in [4.69, 9.17) is 16.3 Å². The maximum Gasteiger partial charge on any atom is 0.230 e. The van der Waals surface area contributed by atoms with Crippen molar-refractivity contribution in [3.8, 4) is 11.4 Å². The molecule has 1 aromatic heterocycles. The van der Waals surface area contributed by atoms with Gasteiger partial charge in [-0.25, -0.2) is 0 Å². The van der Waals surface area contributed by atoms with Gasteiger partial charge in [-0.05, 0) is 26.0 Å². The summed E-state index contributed by atoms with van der Waals surface area (Å²) in [7, 11) is 1.88. The summed E-state index contributed by atoms with van der Waals surface area (Å²) in [4.78, 5) is 14.7. The van der Waals surface area contributed by atoms with Crippen molar-refractivity contribution in [3.63, 3.8) is 0 Å². The van der Waals surface area contributed by atoms with E-state index in [0.717, 1.165) is 31.9 Å². The lowest BCUT2D eigenvalue weighted by molar-refractivity contribution is -0.119. The Kier molecular flexibility index (Phi) is 6.98. The lowest BCUT2D eigenvalue weighted by Crippen LogP contribution is -2.55. The van der Waals surface area contributed by atoms with Crippen molar-refractivity contribution >= 4 is 29.3 Å². The van der Waals surface area contributed by atoms with Gasteiger partial charge in [0.1, 0.15) is 0 Å². The normalized spacial score (nSPS) is 15.6. The Bertz CT molecular complexity index is 820. The monoisotopic (exact) mass is 423 g/mol. The number of rotatable bonds is 7. The van der Waals surface area contributed by atoms with Crippen LogP contribution in [-0.2, 0) is 16.6 Å². The number of halogens is 1. The summed E-state index contributed by atoms with van der Waals surface area (Å²) in [6.07, 6.45) is 0. The van der Waals surface area contributed by atoms with Crippen LogP contribution in [0.25, 0.3) is 11.4 Å². The Hall–Kier alpha value is -1.61. The molecule has 1 aliphatic heterocycles. The molecular weight excluding hydrogens is 398 g/mol. The highest BCUT2D eigenvalue weighted by Crippen LogP contribution is 2.28. The molecule has 152 valence electrons. The van der Waals surface area contributed by atoms with Gasteiger partial charge in [-0.1, -0.05) is 35.5 Å². The summed E-state index contributed by atoms with van der Waals surface area (Å²) in [6.45, 7) is 8.15. The van der Waals surface area contributed by atoms with E-state index in [-0.39, 0.29) is 17.2 Å². The predicted molar refractivity (Wildman–Crippen MR) is 112 cm³/mol. The fourth-order valence-electron chi connectivity index (χ4n) is 3.09. The molecule has 2 aromatic rings. The molecule has 1 aliphatic rings. The van der Waals surface area contributed by atoms with Crippen LogP contribution in [0.5, 0.6) is 0 Å². The molecule has 3 rings (SSSR count). The average molecular weight is 424 g/mol. The third kappa shape index (κ3) is 5.05. The highest BCUT2D eigenvalue weighted by atomic mass is 35.5. The van der Waals surface area contributed by atoms with Crippen molar-refractivity contribution in [3.05, 3.63) is 29.3 Å². The largest absolute Gasteiger partial charge is 0.379 e. The van der Waals surface area contributed by atoms with Crippen molar-refractivity contribution in [1.82, 2.24) is 25.0 Å². The molecule has 1 fully saturated rings. The number of carbonyl (C=O) groups is 1.